The average Bonchev–Trinajstić information content (AvgIpc) is 2.38. The van der Waals surface area contributed by atoms with Crippen molar-refractivity contribution < 1.29 is 4.79 Å². The van der Waals surface area contributed by atoms with Crippen LogP contribution in [0.25, 0.3) is 0 Å². The number of hydrogen-bond donors (Lipinski definition) is 2. The zero-order valence-corrected chi connectivity index (χ0v) is 11.8. The summed E-state index contributed by atoms with van der Waals surface area (Å²) in [5, 5.41) is 6.54. The zero-order chi connectivity index (χ0) is 13.4. The number of halogens is 1. The number of rotatable bonds is 6. The standard InChI is InChI=1S/C14H21ClN2O/c1-3-13(4-2)17-14(18)16-10-9-11-5-7-12(15)8-6-11/h5-8,13H,3-4,9-10H2,1-2H3,(H2,16,17,18). The van der Waals surface area contributed by atoms with E-state index in [0.29, 0.717) is 6.54 Å². The van der Waals surface area contributed by atoms with Crippen LogP contribution in [0.4, 0.5) is 4.79 Å². The lowest BCUT2D eigenvalue weighted by Crippen LogP contribution is -2.42. The zero-order valence-electron chi connectivity index (χ0n) is 11.0. The van der Waals surface area contributed by atoms with Gasteiger partial charge in [-0.1, -0.05) is 37.6 Å². The van der Waals surface area contributed by atoms with Gasteiger partial charge in [-0.05, 0) is 37.0 Å². The Kier molecular flexibility index (Phi) is 6.58. The summed E-state index contributed by atoms with van der Waals surface area (Å²) in [6.45, 7) is 4.78. The number of benzene rings is 1. The van der Waals surface area contributed by atoms with E-state index in [1.807, 2.05) is 24.3 Å². The Balaban J connectivity index is 2.25. The van der Waals surface area contributed by atoms with Crippen molar-refractivity contribution in [3.8, 4) is 0 Å². The van der Waals surface area contributed by atoms with E-state index in [1.54, 1.807) is 0 Å². The van der Waals surface area contributed by atoms with Gasteiger partial charge >= 0.3 is 6.03 Å². The van der Waals surface area contributed by atoms with Gasteiger partial charge in [0.1, 0.15) is 0 Å². The van der Waals surface area contributed by atoms with E-state index in [4.69, 9.17) is 11.6 Å². The molecular formula is C14H21ClN2O. The van der Waals surface area contributed by atoms with Crippen molar-refractivity contribution in [1.29, 1.82) is 0 Å². The first-order valence-electron chi connectivity index (χ1n) is 6.44. The number of hydrogen-bond acceptors (Lipinski definition) is 1. The van der Waals surface area contributed by atoms with Gasteiger partial charge in [-0.15, -0.1) is 0 Å². The van der Waals surface area contributed by atoms with Crippen molar-refractivity contribution >= 4 is 17.6 Å². The Morgan fingerprint density at radius 2 is 1.83 bits per heavy atom. The van der Waals surface area contributed by atoms with Crippen LogP contribution in [0.5, 0.6) is 0 Å². The van der Waals surface area contributed by atoms with Crippen LogP contribution in [0.2, 0.25) is 5.02 Å². The summed E-state index contributed by atoms with van der Waals surface area (Å²) < 4.78 is 0. The maximum atomic E-state index is 11.6. The number of carbonyl (C=O) groups excluding carboxylic acids is 1. The minimum Gasteiger partial charge on any atom is -0.338 e. The summed E-state index contributed by atoms with van der Waals surface area (Å²) in [5.74, 6) is 0. The molecule has 100 valence electrons. The molecule has 0 aliphatic heterocycles. The van der Waals surface area contributed by atoms with Crippen molar-refractivity contribution in [2.45, 2.75) is 39.2 Å². The highest BCUT2D eigenvalue weighted by Gasteiger charge is 2.06. The van der Waals surface area contributed by atoms with Crippen molar-refractivity contribution in [2.24, 2.45) is 0 Å². The molecule has 0 saturated heterocycles. The quantitative estimate of drug-likeness (QED) is 0.816. The largest absolute Gasteiger partial charge is 0.338 e. The van der Waals surface area contributed by atoms with Crippen LogP contribution in [0.1, 0.15) is 32.3 Å². The second-order valence-corrected chi connectivity index (χ2v) is 4.73. The fourth-order valence-corrected chi connectivity index (χ4v) is 1.83. The van der Waals surface area contributed by atoms with Gasteiger partial charge in [-0.25, -0.2) is 4.79 Å². The lowest BCUT2D eigenvalue weighted by molar-refractivity contribution is 0.236. The molecule has 0 saturated carbocycles. The maximum absolute atomic E-state index is 11.6. The van der Waals surface area contributed by atoms with Gasteiger partial charge in [-0.3, -0.25) is 0 Å². The van der Waals surface area contributed by atoms with E-state index in [1.165, 1.54) is 5.56 Å². The van der Waals surface area contributed by atoms with E-state index in [2.05, 4.69) is 24.5 Å². The molecule has 4 heteroatoms. The van der Waals surface area contributed by atoms with E-state index < -0.39 is 0 Å². The molecule has 0 aliphatic rings. The third-order valence-corrected chi connectivity index (χ3v) is 3.19. The monoisotopic (exact) mass is 268 g/mol. The molecular weight excluding hydrogens is 248 g/mol. The molecule has 0 radical (unpaired) electrons. The van der Waals surface area contributed by atoms with E-state index in [9.17, 15) is 4.79 Å². The highest BCUT2D eigenvalue weighted by molar-refractivity contribution is 6.30. The molecule has 1 aromatic carbocycles. The fraction of sp³-hybridized carbons (Fsp3) is 0.500. The maximum Gasteiger partial charge on any atom is 0.315 e. The van der Waals surface area contributed by atoms with Crippen molar-refractivity contribution in [1.82, 2.24) is 10.6 Å². The van der Waals surface area contributed by atoms with Gasteiger partial charge in [-0.2, -0.15) is 0 Å². The van der Waals surface area contributed by atoms with Gasteiger partial charge in [0.15, 0.2) is 0 Å². The van der Waals surface area contributed by atoms with Crippen LogP contribution >= 0.6 is 11.6 Å². The Hall–Kier alpha value is -1.22. The number of amides is 2. The Bertz CT molecular complexity index is 361. The van der Waals surface area contributed by atoms with E-state index in [-0.39, 0.29) is 12.1 Å². The Morgan fingerprint density at radius 1 is 1.22 bits per heavy atom. The normalized spacial score (nSPS) is 10.4. The summed E-state index contributed by atoms with van der Waals surface area (Å²) in [7, 11) is 0. The molecule has 1 rings (SSSR count). The van der Waals surface area contributed by atoms with Gasteiger partial charge in [0.25, 0.3) is 0 Å². The highest BCUT2D eigenvalue weighted by atomic mass is 35.5. The molecule has 3 nitrogen and oxygen atoms in total. The van der Waals surface area contributed by atoms with Crippen molar-refractivity contribution in [2.75, 3.05) is 6.54 Å². The summed E-state index contributed by atoms with van der Waals surface area (Å²) in [4.78, 5) is 11.6. The van der Waals surface area contributed by atoms with Gasteiger partial charge < -0.3 is 10.6 Å². The molecule has 0 heterocycles. The fourth-order valence-electron chi connectivity index (χ4n) is 1.70. The number of urea groups is 1. The SMILES string of the molecule is CCC(CC)NC(=O)NCCc1ccc(Cl)cc1. The summed E-state index contributed by atoms with van der Waals surface area (Å²) >= 11 is 5.81. The first-order valence-corrected chi connectivity index (χ1v) is 6.82. The minimum atomic E-state index is -0.0855. The van der Waals surface area contributed by atoms with E-state index in [0.717, 1.165) is 24.3 Å². The molecule has 0 unspecified atom stereocenters. The molecule has 0 aliphatic carbocycles. The van der Waals surface area contributed by atoms with Crippen molar-refractivity contribution in [3.05, 3.63) is 34.9 Å². The highest BCUT2D eigenvalue weighted by Crippen LogP contribution is 2.09. The second kappa shape index (κ2) is 7.98. The van der Waals surface area contributed by atoms with Crippen LogP contribution in [-0.2, 0) is 6.42 Å². The first kappa shape index (κ1) is 14.8. The lowest BCUT2D eigenvalue weighted by Gasteiger charge is -2.15. The van der Waals surface area contributed by atoms with Crippen LogP contribution in [0, 0.1) is 0 Å². The average molecular weight is 269 g/mol. The molecule has 0 bridgehead atoms. The van der Waals surface area contributed by atoms with Crippen LogP contribution in [0.15, 0.2) is 24.3 Å². The van der Waals surface area contributed by atoms with E-state index >= 15 is 0 Å². The number of nitrogens with one attached hydrogen (secondary N) is 2. The van der Waals surface area contributed by atoms with Gasteiger partial charge in [0.05, 0.1) is 0 Å². The molecule has 0 fully saturated rings. The second-order valence-electron chi connectivity index (χ2n) is 4.29. The summed E-state index contributed by atoms with van der Waals surface area (Å²) in [5.41, 5.74) is 1.17. The van der Waals surface area contributed by atoms with Crippen LogP contribution in [0.3, 0.4) is 0 Å². The smallest absolute Gasteiger partial charge is 0.315 e. The van der Waals surface area contributed by atoms with Crippen molar-refractivity contribution in [3.63, 3.8) is 0 Å². The van der Waals surface area contributed by atoms with Crippen LogP contribution in [-0.4, -0.2) is 18.6 Å². The minimum absolute atomic E-state index is 0.0855. The molecule has 2 amide bonds. The molecule has 1 aromatic rings. The predicted molar refractivity (Wildman–Crippen MR) is 76.1 cm³/mol. The molecule has 18 heavy (non-hydrogen) atoms. The molecule has 2 N–H and O–H groups in total. The molecule has 0 spiro atoms. The third kappa shape index (κ3) is 5.41. The predicted octanol–water partition coefficient (Wildman–Crippen LogP) is 3.37. The van der Waals surface area contributed by atoms with Crippen LogP contribution < -0.4 is 10.6 Å². The van der Waals surface area contributed by atoms with Gasteiger partial charge in [0, 0.05) is 17.6 Å². The third-order valence-electron chi connectivity index (χ3n) is 2.93. The Morgan fingerprint density at radius 3 is 2.39 bits per heavy atom. The summed E-state index contributed by atoms with van der Waals surface area (Å²) in [6, 6.07) is 7.85. The van der Waals surface area contributed by atoms with Gasteiger partial charge in [0.2, 0.25) is 0 Å². The lowest BCUT2D eigenvalue weighted by atomic mass is 10.1. The first-order chi connectivity index (χ1) is 8.65. The number of carbonyl (C=O) groups is 1. The summed E-state index contributed by atoms with van der Waals surface area (Å²) in [6.07, 6.45) is 2.73. The molecule has 0 aromatic heterocycles. The Labute approximate surface area is 114 Å². The topological polar surface area (TPSA) is 41.1 Å². The molecule has 0 atom stereocenters.